The molecule has 0 aliphatic heterocycles. The summed E-state index contributed by atoms with van der Waals surface area (Å²) in [6.45, 7) is 10.7. The summed E-state index contributed by atoms with van der Waals surface area (Å²) in [5.74, 6) is 4.38. The zero-order valence-corrected chi connectivity index (χ0v) is 29.3. The summed E-state index contributed by atoms with van der Waals surface area (Å²) >= 11 is 5.91. The van der Waals surface area contributed by atoms with Gasteiger partial charge < -0.3 is 35.1 Å². The van der Waals surface area contributed by atoms with Gasteiger partial charge in [0.15, 0.2) is 6.61 Å². The lowest BCUT2D eigenvalue weighted by Crippen LogP contribution is -2.44. The molecule has 3 amide bonds. The van der Waals surface area contributed by atoms with E-state index in [0.29, 0.717) is 35.5 Å². The molecule has 0 radical (unpaired) electrons. The van der Waals surface area contributed by atoms with Crippen LogP contribution in [0.4, 0.5) is 9.59 Å². The molecule has 0 aliphatic rings. The van der Waals surface area contributed by atoms with Crippen LogP contribution in [0.3, 0.4) is 0 Å². The molecule has 0 aliphatic carbocycles. The number of carbonyl (C=O) groups is 4. The Bertz CT molecular complexity index is 1760. The van der Waals surface area contributed by atoms with E-state index in [9.17, 15) is 24.0 Å². The quantitative estimate of drug-likeness (QED) is 0.0873. The van der Waals surface area contributed by atoms with E-state index < -0.39 is 46.7 Å². The number of nitrogens with one attached hydrogen (secondary N) is 4. The zero-order chi connectivity index (χ0) is 36.2. The van der Waals surface area contributed by atoms with Crippen molar-refractivity contribution in [2.75, 3.05) is 13.2 Å². The minimum atomic E-state index is -1.01. The Balaban J connectivity index is 1.61. The van der Waals surface area contributed by atoms with E-state index >= 15 is 0 Å². The molecule has 262 valence electrons. The summed E-state index contributed by atoms with van der Waals surface area (Å²) < 4.78 is 15.8. The van der Waals surface area contributed by atoms with Crippen LogP contribution >= 0.6 is 11.6 Å². The van der Waals surface area contributed by atoms with E-state index in [4.69, 9.17) is 25.8 Å². The van der Waals surface area contributed by atoms with E-state index in [1.807, 2.05) is 0 Å². The fourth-order valence-electron chi connectivity index (χ4n) is 4.37. The summed E-state index contributed by atoms with van der Waals surface area (Å²) in [6, 6.07) is 10.9. The number of esters is 1. The van der Waals surface area contributed by atoms with E-state index in [2.05, 4.69) is 32.8 Å². The van der Waals surface area contributed by atoms with Crippen molar-refractivity contribution in [1.29, 1.82) is 0 Å². The number of H-pyrrole nitrogens is 1. The number of carbonyl (C=O) groups excluding carboxylic acids is 4. The normalized spacial score (nSPS) is 11.8. The predicted molar refractivity (Wildman–Crippen MR) is 186 cm³/mol. The number of aromatic nitrogens is 1. The van der Waals surface area contributed by atoms with Gasteiger partial charge in [0.05, 0.1) is 0 Å². The molecule has 12 nitrogen and oxygen atoms in total. The molecule has 0 spiro atoms. The molecule has 3 aromatic rings. The van der Waals surface area contributed by atoms with Crippen LogP contribution in [0.15, 0.2) is 53.5 Å². The fourth-order valence-corrected chi connectivity index (χ4v) is 4.49. The van der Waals surface area contributed by atoms with Crippen molar-refractivity contribution in [3.63, 3.8) is 0 Å². The number of hydrogen-bond donors (Lipinski definition) is 4. The molecular formula is C36H43ClN4O8. The molecule has 1 aromatic heterocycles. The van der Waals surface area contributed by atoms with Gasteiger partial charge in [-0.15, -0.1) is 0 Å². The van der Waals surface area contributed by atoms with Gasteiger partial charge in [-0.1, -0.05) is 35.6 Å². The van der Waals surface area contributed by atoms with E-state index in [-0.39, 0.29) is 30.5 Å². The maximum Gasteiger partial charge on any atom is 0.408 e. The van der Waals surface area contributed by atoms with Crippen molar-refractivity contribution in [2.24, 2.45) is 0 Å². The van der Waals surface area contributed by atoms with Crippen molar-refractivity contribution in [3.8, 4) is 11.8 Å². The number of halogens is 1. The van der Waals surface area contributed by atoms with Crippen LogP contribution in [0.25, 0.3) is 10.9 Å². The molecule has 0 fully saturated rings. The number of aromatic amines is 1. The van der Waals surface area contributed by atoms with Crippen LogP contribution in [0.1, 0.15) is 82.3 Å². The fraction of sp³-hybridized carbons (Fsp3) is 0.417. The molecule has 13 heteroatoms. The Labute approximate surface area is 290 Å². The van der Waals surface area contributed by atoms with Gasteiger partial charge in [0.25, 0.3) is 5.91 Å². The maximum atomic E-state index is 13.2. The Morgan fingerprint density at radius 1 is 0.898 bits per heavy atom. The van der Waals surface area contributed by atoms with Crippen LogP contribution in [-0.4, -0.2) is 59.4 Å². The molecule has 49 heavy (non-hydrogen) atoms. The molecule has 0 saturated heterocycles. The number of benzene rings is 2. The predicted octanol–water partition coefficient (Wildman–Crippen LogP) is 5.59. The van der Waals surface area contributed by atoms with Crippen molar-refractivity contribution in [2.45, 2.75) is 84.6 Å². The van der Waals surface area contributed by atoms with Gasteiger partial charge in [-0.2, -0.15) is 0 Å². The van der Waals surface area contributed by atoms with Gasteiger partial charge in [0.2, 0.25) is 5.43 Å². The largest absolute Gasteiger partial charge is 0.451 e. The van der Waals surface area contributed by atoms with Crippen molar-refractivity contribution < 1.29 is 33.4 Å². The maximum absolute atomic E-state index is 13.2. The summed E-state index contributed by atoms with van der Waals surface area (Å²) in [7, 11) is 0. The Morgan fingerprint density at radius 3 is 2.24 bits per heavy atom. The van der Waals surface area contributed by atoms with E-state index in [0.717, 1.165) is 5.56 Å². The Morgan fingerprint density at radius 2 is 1.57 bits per heavy atom. The number of amides is 3. The van der Waals surface area contributed by atoms with Gasteiger partial charge >= 0.3 is 18.2 Å². The number of hydrogen-bond acceptors (Lipinski definition) is 8. The molecule has 0 saturated carbocycles. The smallest absolute Gasteiger partial charge is 0.408 e. The van der Waals surface area contributed by atoms with Gasteiger partial charge in [-0.05, 0) is 96.7 Å². The highest BCUT2D eigenvalue weighted by molar-refractivity contribution is 6.30. The highest BCUT2D eigenvalue weighted by atomic mass is 35.5. The standard InChI is InChI=1S/C36H43ClN4O8/c1-35(2,3)48-33(45)38-18-8-7-11-29(41-34(46)49-36(4,5)6)32(44)47-19-9-10-23-14-17-28-26(20-23)30(42)27(22-39-28)31(43)40-21-24-12-15-25(37)16-13-24/h12-17,20,22,29H,7-8,11,18-19,21H2,1-6H3,(H,38,45)(H,39,42)(H,40,43)(H,41,46). The third kappa shape index (κ3) is 13.6. The van der Waals surface area contributed by atoms with Crippen LogP contribution in [0.5, 0.6) is 0 Å². The zero-order valence-electron chi connectivity index (χ0n) is 28.6. The van der Waals surface area contributed by atoms with Gasteiger partial charge in [-0.3, -0.25) is 9.59 Å². The lowest BCUT2D eigenvalue weighted by molar-refractivity contribution is -0.144. The van der Waals surface area contributed by atoms with Crippen molar-refractivity contribution in [3.05, 3.63) is 80.6 Å². The molecule has 4 N–H and O–H groups in total. The first-order valence-corrected chi connectivity index (χ1v) is 16.2. The number of alkyl carbamates (subject to hydrolysis) is 2. The second-order valence-electron chi connectivity index (χ2n) is 13.1. The first-order chi connectivity index (χ1) is 23.0. The second kappa shape index (κ2) is 17.4. The number of fused-ring (bicyclic) bond motifs is 1. The average molecular weight is 695 g/mol. The average Bonchev–Trinajstić information content (AvgIpc) is 3.00. The first-order valence-electron chi connectivity index (χ1n) is 15.8. The summed E-state index contributed by atoms with van der Waals surface area (Å²) in [4.78, 5) is 66.1. The summed E-state index contributed by atoms with van der Waals surface area (Å²) in [5.41, 5.74) is -0.0915. The van der Waals surface area contributed by atoms with Gasteiger partial charge in [0, 0.05) is 40.8 Å². The van der Waals surface area contributed by atoms with Gasteiger partial charge in [0.1, 0.15) is 22.8 Å². The minimum Gasteiger partial charge on any atom is -0.451 e. The monoisotopic (exact) mass is 694 g/mol. The molecule has 3 rings (SSSR count). The van der Waals surface area contributed by atoms with E-state index in [1.165, 1.54) is 6.20 Å². The Hall–Kier alpha value is -5.02. The van der Waals surface area contributed by atoms with Crippen molar-refractivity contribution in [1.82, 2.24) is 20.9 Å². The van der Waals surface area contributed by atoms with Crippen LogP contribution in [0, 0.1) is 11.8 Å². The number of rotatable bonds is 11. The summed E-state index contributed by atoms with van der Waals surface area (Å²) in [6.07, 6.45) is 1.28. The van der Waals surface area contributed by atoms with E-state index in [1.54, 1.807) is 84.0 Å². The molecule has 0 bridgehead atoms. The third-order valence-corrected chi connectivity index (χ3v) is 6.83. The van der Waals surface area contributed by atoms with Gasteiger partial charge in [-0.25, -0.2) is 14.4 Å². The molecule has 1 atom stereocenters. The topological polar surface area (TPSA) is 165 Å². The van der Waals surface area contributed by atoms with Crippen molar-refractivity contribution >= 4 is 46.6 Å². The SMILES string of the molecule is CC(C)(C)OC(=O)NCCCCC(NC(=O)OC(C)(C)C)C(=O)OCC#Cc1ccc2[nH]cc(C(=O)NCc3ccc(Cl)cc3)c(=O)c2c1. The first kappa shape index (κ1) is 38.4. The third-order valence-electron chi connectivity index (χ3n) is 6.57. The molecule has 1 heterocycles. The Kier molecular flexibility index (Phi) is 13.6. The number of unbranched alkanes of at least 4 members (excludes halogenated alkanes) is 1. The lowest BCUT2D eigenvalue weighted by atomic mass is 10.1. The molecular weight excluding hydrogens is 652 g/mol. The minimum absolute atomic E-state index is 0.0512. The second-order valence-corrected chi connectivity index (χ2v) is 13.6. The number of pyridine rings is 1. The van der Waals surface area contributed by atoms with Crippen LogP contribution in [-0.2, 0) is 25.5 Å². The highest BCUT2D eigenvalue weighted by Crippen LogP contribution is 2.13. The molecule has 2 aromatic carbocycles. The number of ether oxygens (including phenoxy) is 3. The highest BCUT2D eigenvalue weighted by Gasteiger charge is 2.25. The molecule has 1 unspecified atom stereocenters. The van der Waals surface area contributed by atoms with Crippen LogP contribution in [0.2, 0.25) is 5.02 Å². The van der Waals surface area contributed by atoms with Crippen LogP contribution < -0.4 is 21.4 Å². The lowest BCUT2D eigenvalue weighted by Gasteiger charge is -2.23. The summed E-state index contributed by atoms with van der Waals surface area (Å²) in [5, 5.41) is 8.79.